The summed E-state index contributed by atoms with van der Waals surface area (Å²) in [6, 6.07) is 11.1. The Morgan fingerprint density at radius 3 is 2.35 bits per heavy atom. The smallest absolute Gasteiger partial charge is 0.259 e. The molecule has 0 spiro atoms. The van der Waals surface area contributed by atoms with Gasteiger partial charge in [-0.1, -0.05) is 23.7 Å². The van der Waals surface area contributed by atoms with Crippen LogP contribution < -0.4 is 10.6 Å². The van der Waals surface area contributed by atoms with Crippen molar-refractivity contribution >= 4 is 28.9 Å². The number of nitrogens with zero attached hydrogens (tertiary/aromatic N) is 1. The summed E-state index contributed by atoms with van der Waals surface area (Å²) < 4.78 is 0. The van der Waals surface area contributed by atoms with Crippen LogP contribution in [-0.4, -0.2) is 13.0 Å². The molecule has 0 aromatic heterocycles. The topological polar surface area (TPSA) is 46.3 Å². The summed E-state index contributed by atoms with van der Waals surface area (Å²) in [5, 5.41) is 0.300. The largest absolute Gasteiger partial charge is 0.398 e. The van der Waals surface area contributed by atoms with Crippen LogP contribution in [0.1, 0.15) is 21.5 Å². The number of benzene rings is 2. The maximum absolute atomic E-state index is 12.5. The molecule has 1 amide bonds. The lowest BCUT2D eigenvalue weighted by molar-refractivity contribution is 0.0993. The van der Waals surface area contributed by atoms with Gasteiger partial charge in [0.1, 0.15) is 0 Å². The van der Waals surface area contributed by atoms with Crippen LogP contribution in [0.2, 0.25) is 5.02 Å². The lowest BCUT2D eigenvalue weighted by Gasteiger charge is -2.19. The molecule has 2 aromatic carbocycles. The predicted molar refractivity (Wildman–Crippen MR) is 84.5 cm³/mol. The molecule has 0 bridgehead atoms. The van der Waals surface area contributed by atoms with Gasteiger partial charge in [-0.15, -0.1) is 0 Å². The van der Waals surface area contributed by atoms with Crippen molar-refractivity contribution in [2.75, 3.05) is 17.7 Å². The van der Waals surface area contributed by atoms with Gasteiger partial charge in [0, 0.05) is 12.7 Å². The molecule has 20 heavy (non-hydrogen) atoms. The first kappa shape index (κ1) is 14.4. The van der Waals surface area contributed by atoms with Crippen LogP contribution >= 0.6 is 11.6 Å². The summed E-state index contributed by atoms with van der Waals surface area (Å²) >= 11 is 6.11. The first-order chi connectivity index (χ1) is 9.40. The van der Waals surface area contributed by atoms with Crippen LogP contribution in [0.25, 0.3) is 0 Å². The molecular weight excluding hydrogens is 272 g/mol. The summed E-state index contributed by atoms with van der Waals surface area (Å²) in [6.07, 6.45) is 0. The quantitative estimate of drug-likeness (QED) is 0.854. The highest BCUT2D eigenvalue weighted by Crippen LogP contribution is 2.26. The van der Waals surface area contributed by atoms with Crippen LogP contribution in [0.4, 0.5) is 11.4 Å². The molecular formula is C16H17ClN2O. The Labute approximate surface area is 124 Å². The molecule has 0 radical (unpaired) electrons. The van der Waals surface area contributed by atoms with Crippen molar-refractivity contribution in [1.82, 2.24) is 0 Å². The molecule has 0 saturated carbocycles. The SMILES string of the molecule is Cc1cc(C)cc(N(C)C(=O)c2cccc(N)c2Cl)c1. The Balaban J connectivity index is 2.40. The molecule has 0 atom stereocenters. The van der Waals surface area contributed by atoms with Crippen molar-refractivity contribution in [3.63, 3.8) is 0 Å². The first-order valence-electron chi connectivity index (χ1n) is 6.30. The Morgan fingerprint density at radius 1 is 1.15 bits per heavy atom. The number of rotatable bonds is 2. The van der Waals surface area contributed by atoms with Gasteiger partial charge in [0.15, 0.2) is 0 Å². The first-order valence-corrected chi connectivity index (χ1v) is 6.68. The Hall–Kier alpha value is -2.00. The number of carbonyl (C=O) groups excluding carboxylic acids is 1. The van der Waals surface area contributed by atoms with Gasteiger partial charge in [-0.05, 0) is 49.2 Å². The minimum Gasteiger partial charge on any atom is -0.398 e. The van der Waals surface area contributed by atoms with Crippen molar-refractivity contribution in [3.05, 3.63) is 58.1 Å². The number of nitrogen functional groups attached to an aromatic ring is 1. The van der Waals surface area contributed by atoms with Gasteiger partial charge < -0.3 is 10.6 Å². The molecule has 0 unspecified atom stereocenters. The van der Waals surface area contributed by atoms with Crippen LogP contribution in [0, 0.1) is 13.8 Å². The second-order valence-electron chi connectivity index (χ2n) is 4.92. The summed E-state index contributed by atoms with van der Waals surface area (Å²) in [7, 11) is 1.73. The monoisotopic (exact) mass is 288 g/mol. The third-order valence-electron chi connectivity index (χ3n) is 3.16. The van der Waals surface area contributed by atoms with Gasteiger partial charge in [0.25, 0.3) is 5.91 Å². The average molecular weight is 289 g/mol. The van der Waals surface area contributed by atoms with Crippen molar-refractivity contribution in [2.45, 2.75) is 13.8 Å². The van der Waals surface area contributed by atoms with Crippen LogP contribution in [0.15, 0.2) is 36.4 Å². The van der Waals surface area contributed by atoms with E-state index in [0.29, 0.717) is 16.3 Å². The van der Waals surface area contributed by atoms with E-state index in [4.69, 9.17) is 17.3 Å². The molecule has 2 N–H and O–H groups in total. The van der Waals surface area contributed by atoms with Crippen molar-refractivity contribution in [2.24, 2.45) is 0 Å². The van der Waals surface area contributed by atoms with E-state index in [1.54, 1.807) is 30.1 Å². The molecule has 104 valence electrons. The Kier molecular flexibility index (Phi) is 4.00. The lowest BCUT2D eigenvalue weighted by atomic mass is 10.1. The lowest BCUT2D eigenvalue weighted by Crippen LogP contribution is -2.26. The zero-order valence-corrected chi connectivity index (χ0v) is 12.5. The van der Waals surface area contributed by atoms with E-state index in [9.17, 15) is 4.79 Å². The van der Waals surface area contributed by atoms with Crippen LogP contribution in [0.3, 0.4) is 0 Å². The van der Waals surface area contributed by atoms with E-state index in [1.807, 2.05) is 26.0 Å². The van der Waals surface area contributed by atoms with Gasteiger partial charge in [0.05, 0.1) is 16.3 Å². The Morgan fingerprint density at radius 2 is 1.75 bits per heavy atom. The minimum absolute atomic E-state index is 0.174. The number of aryl methyl sites for hydroxylation is 2. The van der Waals surface area contributed by atoms with Crippen LogP contribution in [-0.2, 0) is 0 Å². The number of carbonyl (C=O) groups is 1. The molecule has 0 saturated heterocycles. The van der Waals surface area contributed by atoms with E-state index >= 15 is 0 Å². The number of hydrogen-bond acceptors (Lipinski definition) is 2. The van der Waals surface area contributed by atoms with Crippen molar-refractivity contribution in [1.29, 1.82) is 0 Å². The number of nitrogens with two attached hydrogens (primary N) is 1. The summed E-state index contributed by atoms with van der Waals surface area (Å²) in [5.41, 5.74) is 9.62. The van der Waals surface area contributed by atoms with Crippen LogP contribution in [0.5, 0.6) is 0 Å². The number of hydrogen-bond donors (Lipinski definition) is 1. The maximum atomic E-state index is 12.5. The highest BCUT2D eigenvalue weighted by atomic mass is 35.5. The van der Waals surface area contributed by atoms with E-state index in [1.165, 1.54) is 0 Å². The van der Waals surface area contributed by atoms with Gasteiger partial charge in [-0.25, -0.2) is 0 Å². The summed E-state index contributed by atoms with van der Waals surface area (Å²) in [6.45, 7) is 4.00. The van der Waals surface area contributed by atoms with Gasteiger partial charge in [-0.2, -0.15) is 0 Å². The van der Waals surface area contributed by atoms with Crippen molar-refractivity contribution in [3.8, 4) is 0 Å². The molecule has 0 aliphatic rings. The number of halogens is 1. The van der Waals surface area contributed by atoms with Gasteiger partial charge in [-0.3, -0.25) is 4.79 Å². The third-order valence-corrected chi connectivity index (χ3v) is 3.58. The van der Waals surface area contributed by atoms with E-state index in [2.05, 4.69) is 6.07 Å². The second kappa shape index (κ2) is 5.55. The zero-order valence-electron chi connectivity index (χ0n) is 11.8. The molecule has 0 heterocycles. The predicted octanol–water partition coefficient (Wildman–Crippen LogP) is 3.82. The number of anilines is 2. The van der Waals surface area contributed by atoms with Gasteiger partial charge >= 0.3 is 0 Å². The summed E-state index contributed by atoms with van der Waals surface area (Å²) in [5.74, 6) is -0.174. The van der Waals surface area contributed by atoms with E-state index in [0.717, 1.165) is 16.8 Å². The number of amides is 1. The van der Waals surface area contributed by atoms with Gasteiger partial charge in [0.2, 0.25) is 0 Å². The molecule has 2 aromatic rings. The standard InChI is InChI=1S/C16H17ClN2O/c1-10-7-11(2)9-12(8-10)19(3)16(20)13-5-4-6-14(18)15(13)17/h4-9H,18H2,1-3H3. The molecule has 0 fully saturated rings. The fraction of sp³-hybridized carbons (Fsp3) is 0.188. The third kappa shape index (κ3) is 2.78. The second-order valence-corrected chi connectivity index (χ2v) is 5.30. The highest BCUT2D eigenvalue weighted by Gasteiger charge is 2.18. The zero-order chi connectivity index (χ0) is 14.9. The molecule has 4 heteroatoms. The molecule has 2 rings (SSSR count). The normalized spacial score (nSPS) is 10.4. The molecule has 0 aliphatic carbocycles. The molecule has 3 nitrogen and oxygen atoms in total. The Bertz CT molecular complexity index is 647. The molecule has 0 aliphatic heterocycles. The van der Waals surface area contributed by atoms with E-state index in [-0.39, 0.29) is 5.91 Å². The fourth-order valence-electron chi connectivity index (χ4n) is 2.16. The maximum Gasteiger partial charge on any atom is 0.259 e. The van der Waals surface area contributed by atoms with E-state index < -0.39 is 0 Å². The summed E-state index contributed by atoms with van der Waals surface area (Å²) in [4.78, 5) is 14.1. The fourth-order valence-corrected chi connectivity index (χ4v) is 2.36. The minimum atomic E-state index is -0.174. The van der Waals surface area contributed by atoms with Crippen molar-refractivity contribution < 1.29 is 4.79 Å². The average Bonchev–Trinajstić information content (AvgIpc) is 2.39. The highest BCUT2D eigenvalue weighted by molar-refractivity contribution is 6.36.